The van der Waals surface area contributed by atoms with E-state index in [0.717, 1.165) is 0 Å². The number of benzene rings is 3. The van der Waals surface area contributed by atoms with Gasteiger partial charge in [0.25, 0.3) is 0 Å². The molecule has 0 fully saturated rings. The molecule has 0 atom stereocenters. The summed E-state index contributed by atoms with van der Waals surface area (Å²) >= 11 is 0. The fraction of sp³-hybridized carbons (Fsp3) is 0.105. The molecule has 5 heteroatoms. The van der Waals surface area contributed by atoms with Crippen LogP contribution in [0, 0.1) is 0 Å². The summed E-state index contributed by atoms with van der Waals surface area (Å²) in [4.78, 5) is 11.7. The lowest BCUT2D eigenvalue weighted by Crippen LogP contribution is -2.01. The normalized spacial score (nSPS) is 10.6. The van der Waals surface area contributed by atoms with E-state index in [1.54, 1.807) is 49.6 Å². The summed E-state index contributed by atoms with van der Waals surface area (Å²) in [5.74, 6) is -0.00826. The molecule has 3 rings (SSSR count). The van der Waals surface area contributed by atoms with Crippen molar-refractivity contribution in [2.75, 3.05) is 14.2 Å². The predicted molar refractivity (Wildman–Crippen MR) is 91.1 cm³/mol. The number of carboxylic acid groups (broad SMARTS) is 1. The third-order valence-corrected chi connectivity index (χ3v) is 3.91. The molecule has 0 saturated carbocycles. The maximum atomic E-state index is 11.7. The Bertz CT molecular complexity index is 930. The van der Waals surface area contributed by atoms with Crippen molar-refractivity contribution in [3.63, 3.8) is 0 Å². The van der Waals surface area contributed by atoms with Crippen molar-refractivity contribution in [2.24, 2.45) is 0 Å². The highest BCUT2D eigenvalue weighted by molar-refractivity contribution is 6.10. The number of fused-ring (bicyclic) bond motifs is 1. The Hall–Kier alpha value is -3.21. The minimum Gasteiger partial charge on any atom is -0.507 e. The third kappa shape index (κ3) is 2.60. The lowest BCUT2D eigenvalue weighted by Gasteiger charge is -2.14. The van der Waals surface area contributed by atoms with Gasteiger partial charge in [0.05, 0.1) is 19.8 Å². The number of carboxylic acids is 1. The van der Waals surface area contributed by atoms with Gasteiger partial charge in [0.15, 0.2) is 0 Å². The molecular formula is C19H16O5. The van der Waals surface area contributed by atoms with E-state index >= 15 is 0 Å². The first-order chi connectivity index (χ1) is 11.5. The van der Waals surface area contributed by atoms with Gasteiger partial charge in [-0.2, -0.15) is 0 Å². The van der Waals surface area contributed by atoms with Crippen LogP contribution >= 0.6 is 0 Å². The Balaban J connectivity index is 2.43. The summed E-state index contributed by atoms with van der Waals surface area (Å²) in [5.41, 5.74) is 1.21. The molecule has 0 heterocycles. The van der Waals surface area contributed by atoms with Crippen LogP contribution in [-0.2, 0) is 0 Å². The van der Waals surface area contributed by atoms with Crippen LogP contribution in [-0.4, -0.2) is 30.4 Å². The van der Waals surface area contributed by atoms with E-state index in [0.29, 0.717) is 33.4 Å². The lowest BCUT2D eigenvalue weighted by molar-refractivity contribution is 0.0697. The van der Waals surface area contributed by atoms with Crippen molar-refractivity contribution in [1.82, 2.24) is 0 Å². The molecule has 5 nitrogen and oxygen atoms in total. The van der Waals surface area contributed by atoms with Crippen LogP contribution in [0.15, 0.2) is 48.5 Å². The number of aromatic hydroxyl groups is 1. The van der Waals surface area contributed by atoms with Gasteiger partial charge in [-0.1, -0.05) is 12.1 Å². The van der Waals surface area contributed by atoms with Crippen LogP contribution in [0.2, 0.25) is 0 Å². The largest absolute Gasteiger partial charge is 0.507 e. The van der Waals surface area contributed by atoms with Crippen LogP contribution in [0.3, 0.4) is 0 Å². The number of hydrogen-bond acceptors (Lipinski definition) is 4. The maximum absolute atomic E-state index is 11.7. The minimum absolute atomic E-state index is 0.0153. The molecule has 0 amide bonds. The smallest absolute Gasteiger partial charge is 0.336 e. The van der Waals surface area contributed by atoms with Crippen molar-refractivity contribution >= 4 is 16.7 Å². The van der Waals surface area contributed by atoms with Crippen LogP contribution in [0.4, 0.5) is 0 Å². The average molecular weight is 324 g/mol. The first-order valence-electron chi connectivity index (χ1n) is 7.26. The number of phenolic OH excluding ortho intramolecular Hbond substituents is 1. The second kappa shape index (κ2) is 6.12. The number of hydrogen-bond donors (Lipinski definition) is 2. The molecule has 0 aromatic heterocycles. The molecule has 3 aromatic rings. The fourth-order valence-electron chi connectivity index (χ4n) is 2.77. The van der Waals surface area contributed by atoms with Crippen molar-refractivity contribution in [3.8, 4) is 28.4 Å². The van der Waals surface area contributed by atoms with Crippen molar-refractivity contribution in [2.45, 2.75) is 0 Å². The maximum Gasteiger partial charge on any atom is 0.336 e. The van der Waals surface area contributed by atoms with Crippen molar-refractivity contribution in [3.05, 3.63) is 54.1 Å². The highest BCUT2D eigenvalue weighted by atomic mass is 16.5. The summed E-state index contributed by atoms with van der Waals surface area (Å²) in [6.07, 6.45) is 0. The predicted octanol–water partition coefficient (Wildman–Crippen LogP) is 3.93. The topological polar surface area (TPSA) is 76.0 Å². The number of ether oxygens (including phenoxy) is 2. The van der Waals surface area contributed by atoms with E-state index < -0.39 is 5.97 Å². The highest BCUT2D eigenvalue weighted by Gasteiger charge is 2.19. The van der Waals surface area contributed by atoms with Gasteiger partial charge in [0.2, 0.25) is 0 Å². The Labute approximate surface area is 138 Å². The van der Waals surface area contributed by atoms with Gasteiger partial charge in [0.1, 0.15) is 17.2 Å². The molecule has 24 heavy (non-hydrogen) atoms. The van der Waals surface area contributed by atoms with Gasteiger partial charge in [-0.25, -0.2) is 4.79 Å². The molecular weight excluding hydrogens is 308 g/mol. The summed E-state index contributed by atoms with van der Waals surface area (Å²) in [6, 6.07) is 13.6. The van der Waals surface area contributed by atoms with Gasteiger partial charge in [-0.3, -0.25) is 0 Å². The molecule has 0 aliphatic rings. The fourth-order valence-corrected chi connectivity index (χ4v) is 2.77. The van der Waals surface area contributed by atoms with Gasteiger partial charge in [0, 0.05) is 10.9 Å². The van der Waals surface area contributed by atoms with E-state index in [1.807, 2.05) is 0 Å². The second-order valence-electron chi connectivity index (χ2n) is 5.27. The Morgan fingerprint density at radius 2 is 1.62 bits per heavy atom. The zero-order valence-electron chi connectivity index (χ0n) is 13.2. The Morgan fingerprint density at radius 3 is 2.29 bits per heavy atom. The Kier molecular flexibility index (Phi) is 4.00. The number of phenols is 1. The second-order valence-corrected chi connectivity index (χ2v) is 5.27. The first kappa shape index (κ1) is 15.7. The first-order valence-corrected chi connectivity index (χ1v) is 7.26. The van der Waals surface area contributed by atoms with Crippen LogP contribution in [0.5, 0.6) is 17.2 Å². The minimum atomic E-state index is -1.12. The summed E-state index contributed by atoms with van der Waals surface area (Å²) in [6.45, 7) is 0. The molecule has 0 spiro atoms. The van der Waals surface area contributed by atoms with Gasteiger partial charge in [-0.05, 0) is 47.3 Å². The van der Waals surface area contributed by atoms with Crippen molar-refractivity contribution < 1.29 is 24.5 Å². The van der Waals surface area contributed by atoms with Crippen LogP contribution < -0.4 is 9.47 Å². The zero-order valence-corrected chi connectivity index (χ0v) is 13.2. The number of aromatic carboxylic acids is 1. The number of carbonyl (C=O) groups is 1. The van der Waals surface area contributed by atoms with E-state index in [9.17, 15) is 15.0 Å². The lowest BCUT2D eigenvalue weighted by atomic mass is 9.92. The summed E-state index contributed by atoms with van der Waals surface area (Å²) < 4.78 is 10.5. The van der Waals surface area contributed by atoms with Gasteiger partial charge >= 0.3 is 5.97 Å². The molecule has 3 aromatic carbocycles. The van der Waals surface area contributed by atoms with Crippen LogP contribution in [0.25, 0.3) is 21.9 Å². The van der Waals surface area contributed by atoms with E-state index in [-0.39, 0.29) is 11.3 Å². The summed E-state index contributed by atoms with van der Waals surface area (Å²) in [7, 11) is 3.09. The van der Waals surface area contributed by atoms with Gasteiger partial charge in [-0.15, -0.1) is 0 Å². The zero-order chi connectivity index (χ0) is 17.3. The molecule has 0 bridgehead atoms. The molecule has 0 aliphatic carbocycles. The quantitative estimate of drug-likeness (QED) is 0.760. The number of rotatable bonds is 4. The monoisotopic (exact) mass is 324 g/mol. The molecule has 0 aliphatic heterocycles. The molecule has 0 radical (unpaired) electrons. The average Bonchev–Trinajstić information content (AvgIpc) is 2.61. The number of methoxy groups -OCH3 is 2. The standard InChI is InChI=1S/C19H16O5/c1-23-12-5-3-4-11(8-12)18-15-9-13(24-2)6-7-14(15)17(20)10-16(18)19(21)22/h3-10,20H,1-2H3,(H,21,22). The van der Waals surface area contributed by atoms with Crippen molar-refractivity contribution in [1.29, 1.82) is 0 Å². The molecule has 0 saturated heterocycles. The molecule has 0 unspecified atom stereocenters. The van der Waals surface area contributed by atoms with E-state index in [4.69, 9.17) is 9.47 Å². The Morgan fingerprint density at radius 1 is 0.917 bits per heavy atom. The molecule has 2 N–H and O–H groups in total. The van der Waals surface area contributed by atoms with E-state index in [1.165, 1.54) is 13.2 Å². The summed E-state index contributed by atoms with van der Waals surface area (Å²) in [5, 5.41) is 20.9. The highest BCUT2D eigenvalue weighted by Crippen LogP contribution is 2.39. The van der Waals surface area contributed by atoms with Crippen LogP contribution in [0.1, 0.15) is 10.4 Å². The van der Waals surface area contributed by atoms with E-state index in [2.05, 4.69) is 0 Å². The van der Waals surface area contributed by atoms with Gasteiger partial charge < -0.3 is 19.7 Å². The molecule has 122 valence electrons. The third-order valence-electron chi connectivity index (χ3n) is 3.91. The SMILES string of the molecule is COc1cccc(-c2c(C(=O)O)cc(O)c3ccc(OC)cc23)c1.